The van der Waals surface area contributed by atoms with Crippen LogP contribution in [0, 0.1) is 0 Å². The number of thiocarbonyl (C=S) groups is 1. The summed E-state index contributed by atoms with van der Waals surface area (Å²) in [5, 5.41) is 2.00. The van der Waals surface area contributed by atoms with E-state index in [0.717, 1.165) is 16.8 Å². The highest BCUT2D eigenvalue weighted by Gasteiger charge is 2.33. The number of benzene rings is 2. The van der Waals surface area contributed by atoms with Crippen LogP contribution in [0.4, 0.5) is 0 Å². The van der Waals surface area contributed by atoms with Crippen molar-refractivity contribution in [3.05, 3.63) is 74.6 Å². The number of thioether (sulfide) groups is 1. The lowest BCUT2D eigenvalue weighted by molar-refractivity contribution is -0.123. The van der Waals surface area contributed by atoms with Crippen molar-refractivity contribution in [3.63, 3.8) is 0 Å². The summed E-state index contributed by atoms with van der Waals surface area (Å²) in [7, 11) is 0. The van der Waals surface area contributed by atoms with Gasteiger partial charge in [-0.25, -0.2) is 0 Å². The summed E-state index contributed by atoms with van der Waals surface area (Å²) in [6.45, 7) is 0. The lowest BCUT2D eigenvalue weighted by Crippen LogP contribution is -2.44. The fourth-order valence-electron chi connectivity index (χ4n) is 2.09. The molecule has 1 fully saturated rings. The van der Waals surface area contributed by atoms with E-state index in [1.54, 1.807) is 42.5 Å². The average molecular weight is 409 g/mol. The van der Waals surface area contributed by atoms with Crippen molar-refractivity contribution in [2.75, 3.05) is 0 Å². The average Bonchev–Trinajstić information content (AvgIpc) is 2.84. The number of hydrogen-bond acceptors (Lipinski definition) is 4. The summed E-state index contributed by atoms with van der Waals surface area (Å²) in [6, 6.07) is 13.6. The molecule has 4 nitrogen and oxygen atoms in total. The Kier molecular flexibility index (Phi) is 5.44. The molecule has 0 unspecified atom stereocenters. The summed E-state index contributed by atoms with van der Waals surface area (Å²) < 4.78 is 0.235. The summed E-state index contributed by atoms with van der Waals surface area (Å²) in [5.41, 5.74) is 3.53. The van der Waals surface area contributed by atoms with E-state index < -0.39 is 11.8 Å². The van der Waals surface area contributed by atoms with Gasteiger partial charge in [-0.15, -0.1) is 0 Å². The third kappa shape index (κ3) is 4.04. The monoisotopic (exact) mass is 408 g/mol. The standard InChI is InChI=1S/C17H10Cl2N2O2S2/c18-12-6-3-5-11(8-12)15(22)20-21-16(23)14(25-17(21)24)9-10-4-1-2-7-13(10)19/h1-9H,(H,20,22)/b14-9-. The van der Waals surface area contributed by atoms with Crippen LogP contribution in [-0.4, -0.2) is 21.1 Å². The Bertz CT molecular complexity index is 915. The maximum Gasteiger partial charge on any atom is 0.285 e. The van der Waals surface area contributed by atoms with Crippen LogP contribution in [-0.2, 0) is 4.79 Å². The minimum Gasteiger partial charge on any atom is -0.267 e. The summed E-state index contributed by atoms with van der Waals surface area (Å²) in [5.74, 6) is -0.886. The topological polar surface area (TPSA) is 49.4 Å². The van der Waals surface area contributed by atoms with E-state index in [2.05, 4.69) is 5.43 Å². The van der Waals surface area contributed by atoms with E-state index in [9.17, 15) is 9.59 Å². The van der Waals surface area contributed by atoms with Crippen LogP contribution in [0.25, 0.3) is 6.08 Å². The SMILES string of the molecule is O=C(NN1C(=O)/C(=C/c2ccccc2Cl)SC1=S)c1cccc(Cl)c1. The van der Waals surface area contributed by atoms with Crippen LogP contribution < -0.4 is 5.43 Å². The molecular formula is C17H10Cl2N2O2S2. The number of nitrogens with one attached hydrogen (secondary N) is 1. The quantitative estimate of drug-likeness (QED) is 0.598. The van der Waals surface area contributed by atoms with Gasteiger partial charge in [-0.05, 0) is 48.1 Å². The van der Waals surface area contributed by atoms with E-state index in [1.807, 2.05) is 6.07 Å². The molecule has 0 radical (unpaired) electrons. The number of halogens is 2. The number of amides is 2. The molecule has 126 valence electrons. The van der Waals surface area contributed by atoms with Gasteiger partial charge in [0.05, 0.1) is 4.91 Å². The molecule has 1 aliphatic rings. The number of hydrogen-bond donors (Lipinski definition) is 1. The first-order valence-corrected chi connectivity index (χ1v) is 9.03. The van der Waals surface area contributed by atoms with Crippen LogP contribution in [0.15, 0.2) is 53.4 Å². The van der Waals surface area contributed by atoms with Gasteiger partial charge in [0.1, 0.15) is 0 Å². The first-order chi connectivity index (χ1) is 12.0. The van der Waals surface area contributed by atoms with Crippen molar-refractivity contribution in [1.29, 1.82) is 0 Å². The number of carbonyl (C=O) groups excluding carboxylic acids is 2. The van der Waals surface area contributed by atoms with Crippen molar-refractivity contribution in [2.24, 2.45) is 0 Å². The highest BCUT2D eigenvalue weighted by molar-refractivity contribution is 8.26. The second kappa shape index (κ2) is 7.58. The normalized spacial score (nSPS) is 15.8. The summed E-state index contributed by atoms with van der Waals surface area (Å²) >= 11 is 18.3. The van der Waals surface area contributed by atoms with Crippen molar-refractivity contribution >= 4 is 69.4 Å². The summed E-state index contributed by atoms with van der Waals surface area (Å²) in [4.78, 5) is 25.2. The van der Waals surface area contributed by atoms with E-state index in [1.165, 1.54) is 6.07 Å². The minimum atomic E-state index is -0.474. The van der Waals surface area contributed by atoms with Gasteiger partial charge in [0.2, 0.25) is 0 Å². The maximum absolute atomic E-state index is 12.5. The fourth-order valence-corrected chi connectivity index (χ4v) is 3.64. The highest BCUT2D eigenvalue weighted by Crippen LogP contribution is 2.32. The smallest absolute Gasteiger partial charge is 0.267 e. The molecule has 1 N–H and O–H groups in total. The Hall–Kier alpha value is -1.86. The molecule has 0 aromatic heterocycles. The van der Waals surface area contributed by atoms with Crippen molar-refractivity contribution in [1.82, 2.24) is 10.4 Å². The van der Waals surface area contributed by atoms with Gasteiger partial charge in [-0.3, -0.25) is 15.0 Å². The molecule has 0 saturated carbocycles. The van der Waals surface area contributed by atoms with Gasteiger partial charge in [-0.2, -0.15) is 5.01 Å². The molecule has 1 aliphatic heterocycles. The van der Waals surface area contributed by atoms with Crippen molar-refractivity contribution in [2.45, 2.75) is 0 Å². The van der Waals surface area contributed by atoms with Gasteiger partial charge in [0, 0.05) is 15.6 Å². The largest absolute Gasteiger partial charge is 0.285 e. The van der Waals surface area contributed by atoms with Crippen LogP contribution in [0.2, 0.25) is 10.0 Å². The molecule has 0 bridgehead atoms. The Labute approximate surface area is 163 Å². The Morgan fingerprint density at radius 1 is 1.16 bits per heavy atom. The van der Waals surface area contributed by atoms with Crippen LogP contribution >= 0.6 is 47.2 Å². The lowest BCUT2D eigenvalue weighted by Gasteiger charge is -2.15. The molecule has 2 aromatic carbocycles. The Balaban J connectivity index is 1.80. The van der Waals surface area contributed by atoms with Crippen molar-refractivity contribution in [3.8, 4) is 0 Å². The van der Waals surface area contributed by atoms with E-state index in [-0.39, 0.29) is 4.32 Å². The minimum absolute atomic E-state index is 0.235. The number of nitrogens with zero attached hydrogens (tertiary/aromatic N) is 1. The number of rotatable bonds is 3. The lowest BCUT2D eigenvalue weighted by atomic mass is 10.2. The predicted octanol–water partition coefficient (Wildman–Crippen LogP) is 4.54. The second-order valence-electron chi connectivity index (χ2n) is 4.99. The Morgan fingerprint density at radius 2 is 1.92 bits per heavy atom. The first-order valence-electron chi connectivity index (χ1n) is 7.05. The number of hydrazine groups is 1. The van der Waals surface area contributed by atoms with Crippen LogP contribution in [0.1, 0.15) is 15.9 Å². The Morgan fingerprint density at radius 3 is 2.64 bits per heavy atom. The molecule has 0 atom stereocenters. The van der Waals surface area contributed by atoms with Crippen LogP contribution in [0.5, 0.6) is 0 Å². The molecular weight excluding hydrogens is 399 g/mol. The molecule has 25 heavy (non-hydrogen) atoms. The molecule has 1 heterocycles. The second-order valence-corrected chi connectivity index (χ2v) is 7.51. The summed E-state index contributed by atoms with van der Waals surface area (Å²) in [6.07, 6.45) is 1.65. The molecule has 0 spiro atoms. The zero-order chi connectivity index (χ0) is 18.0. The zero-order valence-electron chi connectivity index (χ0n) is 12.5. The van der Waals surface area contributed by atoms with Gasteiger partial charge in [-0.1, -0.05) is 59.2 Å². The van der Waals surface area contributed by atoms with Gasteiger partial charge in [0.25, 0.3) is 11.8 Å². The molecule has 2 amide bonds. The maximum atomic E-state index is 12.5. The fraction of sp³-hybridized carbons (Fsp3) is 0. The van der Waals surface area contributed by atoms with Crippen molar-refractivity contribution < 1.29 is 9.59 Å². The van der Waals surface area contributed by atoms with E-state index >= 15 is 0 Å². The molecule has 3 rings (SSSR count). The number of carbonyl (C=O) groups is 2. The third-order valence-corrected chi connectivity index (χ3v) is 5.17. The third-order valence-electron chi connectivity index (χ3n) is 3.29. The van der Waals surface area contributed by atoms with Gasteiger partial charge in [0.15, 0.2) is 4.32 Å². The van der Waals surface area contributed by atoms with Gasteiger partial charge < -0.3 is 0 Å². The van der Waals surface area contributed by atoms with Gasteiger partial charge >= 0.3 is 0 Å². The van der Waals surface area contributed by atoms with Crippen LogP contribution in [0.3, 0.4) is 0 Å². The highest BCUT2D eigenvalue weighted by atomic mass is 35.5. The molecule has 0 aliphatic carbocycles. The molecule has 2 aromatic rings. The molecule has 8 heteroatoms. The van der Waals surface area contributed by atoms with E-state index in [4.69, 9.17) is 35.4 Å². The zero-order valence-corrected chi connectivity index (χ0v) is 15.7. The van der Waals surface area contributed by atoms with E-state index in [0.29, 0.717) is 26.1 Å². The first kappa shape index (κ1) is 17.9. The predicted molar refractivity (Wildman–Crippen MR) is 105 cm³/mol. The molecule has 1 saturated heterocycles.